The zero-order valence-electron chi connectivity index (χ0n) is 19.0. The number of ether oxygens (including phenoxy) is 1. The Bertz CT molecular complexity index is 1090. The molecular weight excluding hydrogens is 438 g/mol. The molecule has 0 N–H and O–H groups in total. The molecule has 178 valence electrons. The van der Waals surface area contributed by atoms with Gasteiger partial charge < -0.3 is 19.0 Å². The lowest BCUT2D eigenvalue weighted by atomic mass is 10.1. The van der Waals surface area contributed by atoms with E-state index in [0.29, 0.717) is 25.3 Å². The van der Waals surface area contributed by atoms with E-state index in [-0.39, 0.29) is 36.8 Å². The number of benzene rings is 2. The van der Waals surface area contributed by atoms with Crippen molar-refractivity contribution in [3.8, 4) is 0 Å². The maximum atomic E-state index is 13.4. The van der Waals surface area contributed by atoms with Gasteiger partial charge in [0.25, 0.3) is 11.6 Å². The number of non-ortho nitro benzene ring substituents is 1. The van der Waals surface area contributed by atoms with Gasteiger partial charge in [-0.2, -0.15) is 0 Å². The summed E-state index contributed by atoms with van der Waals surface area (Å²) in [5, 5.41) is 11.1. The van der Waals surface area contributed by atoms with E-state index in [1.165, 1.54) is 29.2 Å². The van der Waals surface area contributed by atoms with Crippen molar-refractivity contribution in [2.45, 2.75) is 19.5 Å². The molecule has 0 spiro atoms. The maximum Gasteiger partial charge on any atom is 0.270 e. The molecule has 0 saturated carbocycles. The van der Waals surface area contributed by atoms with Crippen LogP contribution in [0, 0.1) is 10.1 Å². The number of hydrogen-bond donors (Lipinski definition) is 0. The Kier molecular flexibility index (Phi) is 8.93. The van der Waals surface area contributed by atoms with E-state index in [9.17, 15) is 19.7 Å². The second-order valence-electron chi connectivity index (χ2n) is 7.70. The van der Waals surface area contributed by atoms with Crippen LogP contribution in [-0.4, -0.2) is 53.3 Å². The highest BCUT2D eigenvalue weighted by Crippen LogP contribution is 2.17. The summed E-state index contributed by atoms with van der Waals surface area (Å²) in [6.07, 6.45) is 2.06. The lowest BCUT2D eigenvalue weighted by Gasteiger charge is -2.27. The van der Waals surface area contributed by atoms with Crippen molar-refractivity contribution in [2.24, 2.45) is 0 Å². The molecule has 0 radical (unpaired) electrons. The van der Waals surface area contributed by atoms with Gasteiger partial charge in [-0.05, 0) is 30.2 Å². The molecular formula is C25H27N3O6. The molecule has 0 aliphatic carbocycles. The molecule has 0 unspecified atom stereocenters. The average Bonchev–Trinajstić information content (AvgIpc) is 3.36. The molecule has 0 aliphatic heterocycles. The zero-order valence-corrected chi connectivity index (χ0v) is 19.0. The molecule has 0 aliphatic rings. The number of nitrogens with zero attached hydrogens (tertiary/aromatic N) is 3. The minimum absolute atomic E-state index is 0.153. The predicted molar refractivity (Wildman–Crippen MR) is 125 cm³/mol. The van der Waals surface area contributed by atoms with Crippen LogP contribution in [-0.2, 0) is 22.6 Å². The SMILES string of the molecule is COCCCN(CC(=O)N(Cc1ccccc1)Cc1ccco1)C(=O)c1cccc([N+](=O)[O-])c1. The molecule has 0 bridgehead atoms. The molecule has 3 aromatic rings. The van der Waals surface area contributed by atoms with Crippen molar-refractivity contribution in [3.63, 3.8) is 0 Å². The average molecular weight is 466 g/mol. The summed E-state index contributed by atoms with van der Waals surface area (Å²) in [5.41, 5.74) is 0.913. The third kappa shape index (κ3) is 7.01. The molecule has 9 nitrogen and oxygen atoms in total. The first-order valence-corrected chi connectivity index (χ1v) is 10.8. The van der Waals surface area contributed by atoms with Crippen LogP contribution < -0.4 is 0 Å². The van der Waals surface area contributed by atoms with Crippen LogP contribution in [0.1, 0.15) is 28.1 Å². The molecule has 2 amide bonds. The number of carbonyl (C=O) groups excluding carboxylic acids is 2. The van der Waals surface area contributed by atoms with Gasteiger partial charge in [-0.1, -0.05) is 36.4 Å². The summed E-state index contributed by atoms with van der Waals surface area (Å²) in [4.78, 5) is 40.2. The predicted octanol–water partition coefficient (Wildman–Crippen LogP) is 3.90. The van der Waals surface area contributed by atoms with Crippen LogP contribution in [0.2, 0.25) is 0 Å². The minimum Gasteiger partial charge on any atom is -0.467 e. The highest BCUT2D eigenvalue weighted by Gasteiger charge is 2.24. The van der Waals surface area contributed by atoms with E-state index >= 15 is 0 Å². The Morgan fingerprint density at radius 1 is 1.00 bits per heavy atom. The van der Waals surface area contributed by atoms with Gasteiger partial charge in [0.05, 0.1) is 17.7 Å². The number of rotatable bonds is 12. The van der Waals surface area contributed by atoms with Gasteiger partial charge in [0.15, 0.2) is 0 Å². The molecule has 1 aromatic heterocycles. The summed E-state index contributed by atoms with van der Waals surface area (Å²) in [6, 6.07) is 18.6. The molecule has 0 fully saturated rings. The number of hydrogen-bond acceptors (Lipinski definition) is 6. The van der Waals surface area contributed by atoms with Crippen LogP contribution in [0.5, 0.6) is 0 Å². The highest BCUT2D eigenvalue weighted by molar-refractivity contribution is 5.97. The fourth-order valence-corrected chi connectivity index (χ4v) is 3.48. The fraction of sp³-hybridized carbons (Fsp3) is 0.280. The van der Waals surface area contributed by atoms with Crippen molar-refractivity contribution in [2.75, 3.05) is 26.8 Å². The van der Waals surface area contributed by atoms with Crippen molar-refractivity contribution in [3.05, 3.63) is 100.0 Å². The van der Waals surface area contributed by atoms with E-state index in [0.717, 1.165) is 5.56 Å². The molecule has 9 heteroatoms. The quantitative estimate of drug-likeness (QED) is 0.228. The second kappa shape index (κ2) is 12.3. The topological polar surface area (TPSA) is 106 Å². The standard InChI is InChI=1S/C25H27N3O6/c1-33-14-7-13-26(25(30)21-10-5-11-22(16-21)28(31)32)19-24(29)27(18-23-12-6-15-34-23)17-20-8-3-2-4-9-20/h2-6,8-12,15-16H,7,13-14,17-19H2,1H3. The molecule has 3 rings (SSSR count). The van der Waals surface area contributed by atoms with E-state index in [4.69, 9.17) is 9.15 Å². The number of amides is 2. The number of furan rings is 1. The Labute approximate surface area is 197 Å². The molecule has 0 saturated heterocycles. The van der Waals surface area contributed by atoms with E-state index < -0.39 is 10.8 Å². The molecule has 2 aromatic carbocycles. The van der Waals surface area contributed by atoms with Gasteiger partial charge in [-0.3, -0.25) is 19.7 Å². The van der Waals surface area contributed by atoms with Gasteiger partial charge >= 0.3 is 0 Å². The minimum atomic E-state index is -0.553. The Balaban J connectivity index is 1.81. The van der Waals surface area contributed by atoms with Crippen molar-refractivity contribution < 1.29 is 23.7 Å². The summed E-state index contributed by atoms with van der Waals surface area (Å²) in [7, 11) is 1.56. The summed E-state index contributed by atoms with van der Waals surface area (Å²) < 4.78 is 10.5. The van der Waals surface area contributed by atoms with E-state index in [1.807, 2.05) is 30.3 Å². The third-order valence-electron chi connectivity index (χ3n) is 5.19. The van der Waals surface area contributed by atoms with Gasteiger partial charge in [-0.25, -0.2) is 0 Å². The first-order chi connectivity index (χ1) is 16.5. The van der Waals surface area contributed by atoms with Crippen molar-refractivity contribution in [1.29, 1.82) is 0 Å². The first kappa shape index (κ1) is 24.7. The van der Waals surface area contributed by atoms with E-state index in [1.54, 1.807) is 30.4 Å². The number of nitro groups is 1. The van der Waals surface area contributed by atoms with Gasteiger partial charge in [0.2, 0.25) is 5.91 Å². The maximum absolute atomic E-state index is 13.4. The molecule has 0 atom stereocenters. The first-order valence-electron chi connectivity index (χ1n) is 10.8. The monoisotopic (exact) mass is 465 g/mol. The molecule has 34 heavy (non-hydrogen) atoms. The smallest absolute Gasteiger partial charge is 0.270 e. The van der Waals surface area contributed by atoms with Gasteiger partial charge in [0, 0.05) is 44.5 Å². The lowest BCUT2D eigenvalue weighted by Crippen LogP contribution is -2.43. The summed E-state index contributed by atoms with van der Waals surface area (Å²) in [6.45, 7) is 1.09. The van der Waals surface area contributed by atoms with Crippen LogP contribution in [0.4, 0.5) is 5.69 Å². The number of methoxy groups -OCH3 is 1. The van der Waals surface area contributed by atoms with E-state index in [2.05, 4.69) is 0 Å². The zero-order chi connectivity index (χ0) is 24.3. The highest BCUT2D eigenvalue weighted by atomic mass is 16.6. The van der Waals surface area contributed by atoms with Crippen LogP contribution in [0.15, 0.2) is 77.4 Å². The van der Waals surface area contributed by atoms with Crippen LogP contribution in [0.25, 0.3) is 0 Å². The summed E-state index contributed by atoms with van der Waals surface area (Å²) in [5.74, 6) is -0.0949. The van der Waals surface area contributed by atoms with Crippen LogP contribution >= 0.6 is 0 Å². The summed E-state index contributed by atoms with van der Waals surface area (Å²) >= 11 is 0. The van der Waals surface area contributed by atoms with Crippen molar-refractivity contribution in [1.82, 2.24) is 9.80 Å². The number of carbonyl (C=O) groups is 2. The largest absolute Gasteiger partial charge is 0.467 e. The fourth-order valence-electron chi connectivity index (χ4n) is 3.48. The Morgan fingerprint density at radius 2 is 1.79 bits per heavy atom. The Morgan fingerprint density at radius 3 is 2.47 bits per heavy atom. The normalized spacial score (nSPS) is 10.6. The van der Waals surface area contributed by atoms with Crippen molar-refractivity contribution >= 4 is 17.5 Å². The van der Waals surface area contributed by atoms with Gasteiger partial charge in [0.1, 0.15) is 12.3 Å². The van der Waals surface area contributed by atoms with Gasteiger partial charge in [-0.15, -0.1) is 0 Å². The number of nitro benzene ring substituents is 1. The second-order valence-corrected chi connectivity index (χ2v) is 7.70. The third-order valence-corrected chi connectivity index (χ3v) is 5.19. The molecule has 1 heterocycles. The van der Waals surface area contributed by atoms with Crippen LogP contribution in [0.3, 0.4) is 0 Å². The Hall–Kier alpha value is -3.98. The lowest BCUT2D eigenvalue weighted by molar-refractivity contribution is -0.384.